The lowest BCUT2D eigenvalue weighted by molar-refractivity contribution is 0.0978. The molecule has 1 aromatic heterocycles. The number of carbonyl (C=O) groups excluding carboxylic acids is 1. The number of H-pyrrole nitrogens is 1. The van der Waals surface area contributed by atoms with E-state index in [9.17, 15) is 4.79 Å². The number of fused-ring (bicyclic) bond motifs is 1. The van der Waals surface area contributed by atoms with Crippen molar-refractivity contribution in [3.63, 3.8) is 0 Å². The predicted molar refractivity (Wildman–Crippen MR) is 102 cm³/mol. The molecule has 0 bridgehead atoms. The van der Waals surface area contributed by atoms with Gasteiger partial charge in [0.15, 0.2) is 5.78 Å². The highest BCUT2D eigenvalue weighted by molar-refractivity contribution is 5.97. The van der Waals surface area contributed by atoms with Crippen molar-refractivity contribution >= 4 is 16.7 Å². The summed E-state index contributed by atoms with van der Waals surface area (Å²) in [5.74, 6) is 0.199. The Balaban J connectivity index is 1.76. The van der Waals surface area contributed by atoms with E-state index in [1.165, 1.54) is 10.9 Å². The highest BCUT2D eigenvalue weighted by Gasteiger charge is 2.21. The summed E-state index contributed by atoms with van der Waals surface area (Å²) in [4.78, 5) is 16.2. The highest BCUT2D eigenvalue weighted by atomic mass is 16.1. The summed E-state index contributed by atoms with van der Waals surface area (Å²) in [6.07, 6.45) is 2.50. The molecule has 0 fully saturated rings. The Kier molecular flexibility index (Phi) is 4.17. The zero-order chi connectivity index (χ0) is 17.1. The van der Waals surface area contributed by atoms with E-state index in [0.717, 1.165) is 16.6 Å². The molecule has 1 heterocycles. The van der Waals surface area contributed by atoms with Crippen LogP contribution in [-0.4, -0.2) is 10.8 Å². The number of rotatable bonds is 5. The lowest BCUT2D eigenvalue weighted by Gasteiger charge is -2.17. The van der Waals surface area contributed by atoms with Crippen molar-refractivity contribution in [1.29, 1.82) is 0 Å². The summed E-state index contributed by atoms with van der Waals surface area (Å²) in [6, 6.07) is 28.1. The number of carbonyl (C=O) groups is 1. The number of aromatic amines is 1. The van der Waals surface area contributed by atoms with Gasteiger partial charge in [0.2, 0.25) is 0 Å². The summed E-state index contributed by atoms with van der Waals surface area (Å²) in [5, 5.41) is 1.18. The van der Waals surface area contributed by atoms with E-state index in [0.29, 0.717) is 6.42 Å². The van der Waals surface area contributed by atoms with Crippen LogP contribution in [0.4, 0.5) is 0 Å². The highest BCUT2D eigenvalue weighted by Crippen LogP contribution is 2.34. The number of nitrogens with one attached hydrogen (secondary N) is 1. The van der Waals surface area contributed by atoms with Crippen LogP contribution in [0.2, 0.25) is 0 Å². The number of benzene rings is 3. The Morgan fingerprint density at radius 2 is 1.44 bits per heavy atom. The van der Waals surface area contributed by atoms with Gasteiger partial charge in [0.05, 0.1) is 0 Å². The van der Waals surface area contributed by atoms with Crippen LogP contribution in [0.15, 0.2) is 91.1 Å². The maximum absolute atomic E-state index is 12.8. The molecule has 0 aliphatic heterocycles. The van der Waals surface area contributed by atoms with Gasteiger partial charge in [0, 0.05) is 35.0 Å². The van der Waals surface area contributed by atoms with Gasteiger partial charge in [0.1, 0.15) is 0 Å². The van der Waals surface area contributed by atoms with Gasteiger partial charge in [-0.3, -0.25) is 4.79 Å². The van der Waals surface area contributed by atoms with E-state index >= 15 is 0 Å². The van der Waals surface area contributed by atoms with E-state index in [-0.39, 0.29) is 11.7 Å². The third-order valence-electron chi connectivity index (χ3n) is 4.68. The van der Waals surface area contributed by atoms with Crippen LogP contribution in [0.5, 0.6) is 0 Å². The van der Waals surface area contributed by atoms with Gasteiger partial charge in [0.25, 0.3) is 0 Å². The van der Waals surface area contributed by atoms with Crippen molar-refractivity contribution in [2.75, 3.05) is 0 Å². The molecular formula is C23H19NO. The van der Waals surface area contributed by atoms with E-state index in [4.69, 9.17) is 0 Å². The second-order valence-corrected chi connectivity index (χ2v) is 6.25. The van der Waals surface area contributed by atoms with Gasteiger partial charge in [-0.15, -0.1) is 0 Å². The fraction of sp³-hybridized carbons (Fsp3) is 0.0870. The van der Waals surface area contributed by atoms with Gasteiger partial charge in [-0.2, -0.15) is 0 Å². The number of aromatic nitrogens is 1. The first-order valence-electron chi connectivity index (χ1n) is 8.52. The molecule has 0 aliphatic carbocycles. The summed E-state index contributed by atoms with van der Waals surface area (Å²) in [7, 11) is 0. The molecule has 122 valence electrons. The van der Waals surface area contributed by atoms with Crippen LogP contribution in [0.25, 0.3) is 10.9 Å². The molecule has 4 rings (SSSR count). The summed E-state index contributed by atoms with van der Waals surface area (Å²) < 4.78 is 0. The lowest BCUT2D eigenvalue weighted by Crippen LogP contribution is -2.09. The van der Waals surface area contributed by atoms with Crippen LogP contribution in [-0.2, 0) is 0 Å². The van der Waals surface area contributed by atoms with E-state index < -0.39 is 0 Å². The first kappa shape index (κ1) is 15.4. The van der Waals surface area contributed by atoms with Crippen LogP contribution in [0.3, 0.4) is 0 Å². The summed E-state index contributed by atoms with van der Waals surface area (Å²) in [6.45, 7) is 0. The smallest absolute Gasteiger partial charge is 0.163 e. The predicted octanol–water partition coefficient (Wildman–Crippen LogP) is 5.57. The third kappa shape index (κ3) is 3.11. The first-order chi connectivity index (χ1) is 12.3. The molecule has 0 amide bonds. The molecule has 25 heavy (non-hydrogen) atoms. The van der Waals surface area contributed by atoms with Crippen molar-refractivity contribution in [1.82, 2.24) is 4.98 Å². The minimum atomic E-state index is 0.0325. The van der Waals surface area contributed by atoms with Crippen molar-refractivity contribution in [3.05, 3.63) is 108 Å². The topological polar surface area (TPSA) is 32.9 Å². The summed E-state index contributed by atoms with van der Waals surface area (Å²) >= 11 is 0. The van der Waals surface area contributed by atoms with Gasteiger partial charge in [-0.1, -0.05) is 78.9 Å². The van der Waals surface area contributed by atoms with Crippen molar-refractivity contribution in [3.8, 4) is 0 Å². The molecule has 0 spiro atoms. The van der Waals surface area contributed by atoms with E-state index in [1.807, 2.05) is 66.9 Å². The van der Waals surface area contributed by atoms with Crippen LogP contribution >= 0.6 is 0 Å². The first-order valence-corrected chi connectivity index (χ1v) is 8.52. The molecule has 0 radical (unpaired) electrons. The Bertz CT molecular complexity index is 986. The van der Waals surface area contributed by atoms with Crippen molar-refractivity contribution in [2.24, 2.45) is 0 Å². The Morgan fingerprint density at radius 3 is 2.20 bits per heavy atom. The van der Waals surface area contributed by atoms with Gasteiger partial charge < -0.3 is 4.98 Å². The number of para-hydroxylation sites is 1. The standard InChI is InChI=1S/C23H19NO/c25-23(18-11-5-2-6-12-18)15-20(17-9-3-1-4-10-17)21-16-24-22-14-8-7-13-19(21)22/h1-14,16,20,24H,15H2/t20-/m1/s1. The second-order valence-electron chi connectivity index (χ2n) is 6.25. The molecule has 0 unspecified atom stereocenters. The van der Waals surface area contributed by atoms with Crippen molar-refractivity contribution < 1.29 is 4.79 Å². The average molecular weight is 325 g/mol. The fourth-order valence-electron chi connectivity index (χ4n) is 3.40. The Hall–Kier alpha value is -3.13. The Labute approximate surface area is 147 Å². The molecule has 2 nitrogen and oxygen atoms in total. The quantitative estimate of drug-likeness (QED) is 0.478. The fourth-order valence-corrected chi connectivity index (χ4v) is 3.40. The van der Waals surface area contributed by atoms with E-state index in [1.54, 1.807) is 0 Å². The minimum absolute atomic E-state index is 0.0325. The normalized spacial score (nSPS) is 12.2. The second kappa shape index (κ2) is 6.78. The number of ketones is 1. The van der Waals surface area contributed by atoms with Crippen LogP contribution < -0.4 is 0 Å². The SMILES string of the molecule is O=C(C[C@H](c1ccccc1)c1c[nH]c2ccccc12)c1ccccc1. The van der Waals surface area contributed by atoms with Gasteiger partial charge >= 0.3 is 0 Å². The maximum atomic E-state index is 12.8. The third-order valence-corrected chi connectivity index (χ3v) is 4.68. The minimum Gasteiger partial charge on any atom is -0.361 e. The number of Topliss-reactive ketones (excluding diaryl/α,β-unsaturated/α-hetero) is 1. The van der Waals surface area contributed by atoms with Crippen LogP contribution in [0, 0.1) is 0 Å². The molecule has 1 N–H and O–H groups in total. The molecule has 0 aliphatic rings. The zero-order valence-corrected chi connectivity index (χ0v) is 13.9. The van der Waals surface area contributed by atoms with Crippen molar-refractivity contribution in [2.45, 2.75) is 12.3 Å². The molecule has 0 saturated heterocycles. The average Bonchev–Trinajstić information content (AvgIpc) is 3.11. The van der Waals surface area contributed by atoms with Gasteiger partial charge in [-0.05, 0) is 17.2 Å². The molecular weight excluding hydrogens is 306 g/mol. The molecule has 3 aromatic carbocycles. The zero-order valence-electron chi connectivity index (χ0n) is 13.9. The molecule has 2 heteroatoms. The Morgan fingerprint density at radius 1 is 0.800 bits per heavy atom. The number of hydrogen-bond donors (Lipinski definition) is 1. The molecule has 4 aromatic rings. The van der Waals surface area contributed by atoms with E-state index in [2.05, 4.69) is 29.2 Å². The summed E-state index contributed by atoms with van der Waals surface area (Å²) in [5.41, 5.74) is 4.21. The van der Waals surface area contributed by atoms with Crippen LogP contribution in [0.1, 0.15) is 33.8 Å². The number of hydrogen-bond acceptors (Lipinski definition) is 1. The molecule has 0 saturated carbocycles. The monoisotopic (exact) mass is 325 g/mol. The largest absolute Gasteiger partial charge is 0.361 e. The maximum Gasteiger partial charge on any atom is 0.163 e. The molecule has 1 atom stereocenters. The van der Waals surface area contributed by atoms with Gasteiger partial charge in [-0.25, -0.2) is 0 Å². The lowest BCUT2D eigenvalue weighted by atomic mass is 9.85.